The van der Waals surface area contributed by atoms with Crippen molar-refractivity contribution in [3.05, 3.63) is 117 Å². The Morgan fingerprint density at radius 3 is 2.28 bits per heavy atom. The van der Waals surface area contributed by atoms with Crippen LogP contribution in [0.5, 0.6) is 0 Å². The molecule has 0 fully saturated rings. The quantitative estimate of drug-likeness (QED) is 0.215. The second kappa shape index (κ2) is 11.0. The molecule has 1 aromatic heterocycles. The van der Waals surface area contributed by atoms with E-state index in [-0.39, 0.29) is 18.0 Å². The Morgan fingerprint density at radius 2 is 1.58 bits per heavy atom. The highest BCUT2D eigenvalue weighted by molar-refractivity contribution is 7.89. The van der Waals surface area contributed by atoms with Gasteiger partial charge in [0.1, 0.15) is 11.5 Å². The predicted molar refractivity (Wildman–Crippen MR) is 146 cm³/mol. The van der Waals surface area contributed by atoms with Gasteiger partial charge in [0, 0.05) is 6.54 Å². The number of aryl methyl sites for hydroxylation is 3. The lowest BCUT2D eigenvalue weighted by Crippen LogP contribution is -2.30. The highest BCUT2D eigenvalue weighted by Gasteiger charge is 2.26. The Bertz CT molecular complexity index is 1510. The van der Waals surface area contributed by atoms with Crippen molar-refractivity contribution in [1.29, 1.82) is 0 Å². The van der Waals surface area contributed by atoms with E-state index >= 15 is 0 Å². The fourth-order valence-corrected chi connectivity index (χ4v) is 5.31. The minimum absolute atomic E-state index is 0.0356. The van der Waals surface area contributed by atoms with Gasteiger partial charge < -0.3 is 4.42 Å². The van der Waals surface area contributed by atoms with Gasteiger partial charge in [-0.3, -0.25) is 4.99 Å². The lowest BCUT2D eigenvalue weighted by atomic mass is 10.1. The fourth-order valence-electron chi connectivity index (χ4n) is 3.59. The van der Waals surface area contributed by atoms with E-state index in [1.54, 1.807) is 60.8 Å². The van der Waals surface area contributed by atoms with Crippen molar-refractivity contribution in [3.8, 4) is 0 Å². The van der Waals surface area contributed by atoms with Crippen molar-refractivity contribution < 1.29 is 12.8 Å². The SMILES string of the molecule is Cc1ccc(S(=O)(=O)N(Cc2ccc(Cl)c(Cl)c2)Cc2ccc(C=Nc3ccc(C)c(C)c3)o2)cc1. The topological polar surface area (TPSA) is 62.9 Å². The summed E-state index contributed by atoms with van der Waals surface area (Å²) in [5, 5.41) is 0.775. The molecule has 0 bridgehead atoms. The van der Waals surface area contributed by atoms with Gasteiger partial charge in [-0.1, -0.05) is 53.0 Å². The van der Waals surface area contributed by atoms with Crippen LogP contribution in [-0.4, -0.2) is 18.9 Å². The van der Waals surface area contributed by atoms with Gasteiger partial charge in [-0.25, -0.2) is 8.42 Å². The van der Waals surface area contributed by atoms with Crippen molar-refractivity contribution in [2.45, 2.75) is 38.8 Å². The van der Waals surface area contributed by atoms with Gasteiger partial charge >= 0.3 is 0 Å². The van der Waals surface area contributed by atoms with E-state index < -0.39 is 10.0 Å². The number of hydrogen-bond donors (Lipinski definition) is 0. The second-order valence-electron chi connectivity index (χ2n) is 8.67. The van der Waals surface area contributed by atoms with Gasteiger partial charge in [0.2, 0.25) is 10.0 Å². The molecule has 0 saturated heterocycles. The van der Waals surface area contributed by atoms with Crippen LogP contribution in [0.25, 0.3) is 0 Å². The van der Waals surface area contributed by atoms with Crippen LogP contribution >= 0.6 is 23.2 Å². The van der Waals surface area contributed by atoms with Crippen molar-refractivity contribution >= 4 is 45.1 Å². The van der Waals surface area contributed by atoms with Crippen LogP contribution in [0, 0.1) is 20.8 Å². The summed E-state index contributed by atoms with van der Waals surface area (Å²) in [4.78, 5) is 4.69. The fraction of sp³-hybridized carbons (Fsp3) is 0.179. The summed E-state index contributed by atoms with van der Waals surface area (Å²) in [6, 6.07) is 21.4. The molecule has 0 aliphatic carbocycles. The van der Waals surface area contributed by atoms with E-state index in [1.165, 1.54) is 9.87 Å². The molecule has 5 nitrogen and oxygen atoms in total. The molecule has 0 aliphatic rings. The van der Waals surface area contributed by atoms with Crippen LogP contribution in [0.3, 0.4) is 0 Å². The van der Waals surface area contributed by atoms with E-state index in [2.05, 4.69) is 11.9 Å². The molecule has 186 valence electrons. The van der Waals surface area contributed by atoms with Crippen LogP contribution in [0.1, 0.15) is 33.8 Å². The molecule has 0 saturated carbocycles. The average Bonchev–Trinajstić information content (AvgIpc) is 3.29. The monoisotopic (exact) mass is 540 g/mol. The lowest BCUT2D eigenvalue weighted by molar-refractivity contribution is 0.357. The van der Waals surface area contributed by atoms with Gasteiger partial charge in [0.15, 0.2) is 0 Å². The zero-order chi connectivity index (χ0) is 25.9. The molecule has 4 rings (SSSR count). The van der Waals surface area contributed by atoms with Gasteiger partial charge in [0.25, 0.3) is 0 Å². The van der Waals surface area contributed by atoms with E-state index in [4.69, 9.17) is 27.6 Å². The molecule has 4 aromatic rings. The number of nitrogens with zero attached hydrogens (tertiary/aromatic N) is 2. The summed E-state index contributed by atoms with van der Waals surface area (Å²) in [7, 11) is -3.83. The highest BCUT2D eigenvalue weighted by Crippen LogP contribution is 2.27. The van der Waals surface area contributed by atoms with Crippen LogP contribution in [0.4, 0.5) is 5.69 Å². The third-order valence-electron chi connectivity index (χ3n) is 5.85. The summed E-state index contributed by atoms with van der Waals surface area (Å²) in [6.07, 6.45) is 1.63. The number of aliphatic imine (C=N–C) groups is 1. The molecule has 8 heteroatoms. The molecule has 1 heterocycles. The standard InChI is InChI=1S/C28H26Cl2N2O3S/c1-19-4-11-26(12-5-19)36(33,34)32(17-22-7-13-27(29)28(30)15-22)18-25-10-9-24(35-25)16-31-23-8-6-20(2)21(3)14-23/h4-16H,17-18H2,1-3H3. The average molecular weight is 542 g/mol. The number of furan rings is 1. The van der Waals surface area contributed by atoms with Gasteiger partial charge in [0.05, 0.1) is 33.4 Å². The maximum Gasteiger partial charge on any atom is 0.243 e. The Labute approximate surface area is 222 Å². The van der Waals surface area contributed by atoms with Crippen molar-refractivity contribution in [3.63, 3.8) is 0 Å². The number of halogens is 2. The minimum Gasteiger partial charge on any atom is -0.459 e. The second-order valence-corrected chi connectivity index (χ2v) is 11.4. The molecule has 0 spiro atoms. The first-order valence-corrected chi connectivity index (χ1v) is 13.5. The maximum absolute atomic E-state index is 13.6. The van der Waals surface area contributed by atoms with Crippen LogP contribution < -0.4 is 0 Å². The normalized spacial score (nSPS) is 12.1. The van der Waals surface area contributed by atoms with Gasteiger partial charge in [-0.2, -0.15) is 4.31 Å². The first-order chi connectivity index (χ1) is 17.1. The van der Waals surface area contributed by atoms with E-state index in [0.717, 1.165) is 16.8 Å². The molecule has 0 unspecified atom stereocenters. The molecule has 0 N–H and O–H groups in total. The first-order valence-electron chi connectivity index (χ1n) is 11.3. The maximum atomic E-state index is 13.6. The number of rotatable bonds is 8. The third kappa shape index (κ3) is 6.26. The molecule has 3 aromatic carbocycles. The van der Waals surface area contributed by atoms with E-state index in [1.807, 2.05) is 32.0 Å². The Morgan fingerprint density at radius 1 is 0.833 bits per heavy atom. The molecule has 0 radical (unpaired) electrons. The Hall–Kier alpha value is -2.90. The Kier molecular flexibility index (Phi) is 8.00. The van der Waals surface area contributed by atoms with Crippen molar-refractivity contribution in [2.75, 3.05) is 0 Å². The molecule has 36 heavy (non-hydrogen) atoms. The van der Waals surface area contributed by atoms with Gasteiger partial charge in [-0.05, 0) is 86.0 Å². The van der Waals surface area contributed by atoms with Gasteiger partial charge in [-0.15, -0.1) is 0 Å². The summed E-state index contributed by atoms with van der Waals surface area (Å²) in [5.41, 5.74) is 4.86. The number of sulfonamides is 1. The smallest absolute Gasteiger partial charge is 0.243 e. The molecule has 0 atom stereocenters. The summed E-state index contributed by atoms with van der Waals surface area (Å²) >= 11 is 12.2. The van der Waals surface area contributed by atoms with Crippen LogP contribution in [0.2, 0.25) is 10.0 Å². The minimum atomic E-state index is -3.83. The summed E-state index contributed by atoms with van der Waals surface area (Å²) in [6.45, 7) is 6.13. The summed E-state index contributed by atoms with van der Waals surface area (Å²) in [5.74, 6) is 1.03. The first kappa shape index (κ1) is 26.2. The zero-order valence-electron chi connectivity index (χ0n) is 20.2. The predicted octanol–water partition coefficient (Wildman–Crippen LogP) is 7.65. The lowest BCUT2D eigenvalue weighted by Gasteiger charge is -2.22. The van der Waals surface area contributed by atoms with E-state index in [0.29, 0.717) is 27.1 Å². The van der Waals surface area contributed by atoms with Crippen LogP contribution in [0.15, 0.2) is 87.1 Å². The molecular weight excluding hydrogens is 515 g/mol. The molecular formula is C28H26Cl2N2O3S. The zero-order valence-corrected chi connectivity index (χ0v) is 22.5. The molecule has 0 aliphatic heterocycles. The number of hydrogen-bond acceptors (Lipinski definition) is 4. The van der Waals surface area contributed by atoms with E-state index in [9.17, 15) is 8.42 Å². The number of benzene rings is 3. The highest BCUT2D eigenvalue weighted by atomic mass is 35.5. The largest absolute Gasteiger partial charge is 0.459 e. The third-order valence-corrected chi connectivity index (χ3v) is 8.39. The Balaban J connectivity index is 1.60. The van der Waals surface area contributed by atoms with Crippen molar-refractivity contribution in [1.82, 2.24) is 4.31 Å². The molecule has 0 amide bonds. The van der Waals surface area contributed by atoms with Crippen molar-refractivity contribution in [2.24, 2.45) is 4.99 Å². The van der Waals surface area contributed by atoms with Crippen LogP contribution in [-0.2, 0) is 23.1 Å². The summed E-state index contributed by atoms with van der Waals surface area (Å²) < 4.78 is 34.4.